The minimum absolute atomic E-state index is 0.121. The number of hydrogen-bond donors (Lipinski definition) is 1. The molecular weight excluding hydrogens is 300 g/mol. The van der Waals surface area contributed by atoms with Crippen LogP contribution in [-0.2, 0) is 4.79 Å². The van der Waals surface area contributed by atoms with E-state index >= 15 is 0 Å². The molecular formula is C16H22N2OS2. The second kappa shape index (κ2) is 5.28. The molecule has 2 aliphatic carbocycles. The third-order valence-electron chi connectivity index (χ3n) is 5.27. The number of amides is 1. The van der Waals surface area contributed by atoms with Gasteiger partial charge in [-0.1, -0.05) is 6.07 Å². The summed E-state index contributed by atoms with van der Waals surface area (Å²) in [6.07, 6.45) is 9.19. The SMILES string of the molecule is CSC1CCC(N2C(=O)C3(CC3)NC2c2cccs2)CC1. The number of carbonyl (C=O) groups excluding carboxylic acids is 1. The molecule has 0 bridgehead atoms. The molecule has 1 spiro atoms. The van der Waals surface area contributed by atoms with E-state index in [1.807, 2.05) is 11.8 Å². The van der Waals surface area contributed by atoms with E-state index in [2.05, 4.69) is 34.0 Å². The predicted molar refractivity (Wildman–Crippen MR) is 88.6 cm³/mol. The van der Waals surface area contributed by atoms with Gasteiger partial charge in [-0.2, -0.15) is 11.8 Å². The Morgan fingerprint density at radius 2 is 2.10 bits per heavy atom. The van der Waals surface area contributed by atoms with Gasteiger partial charge in [0.2, 0.25) is 5.91 Å². The van der Waals surface area contributed by atoms with Gasteiger partial charge in [-0.05, 0) is 56.2 Å². The van der Waals surface area contributed by atoms with Crippen molar-refractivity contribution in [3.8, 4) is 0 Å². The first-order valence-corrected chi connectivity index (χ1v) is 10.1. The van der Waals surface area contributed by atoms with Gasteiger partial charge in [0.05, 0.1) is 0 Å². The Kier molecular flexibility index (Phi) is 3.55. The van der Waals surface area contributed by atoms with Gasteiger partial charge in [0.15, 0.2) is 0 Å². The number of carbonyl (C=O) groups is 1. The van der Waals surface area contributed by atoms with Crippen LogP contribution in [0.15, 0.2) is 17.5 Å². The van der Waals surface area contributed by atoms with E-state index in [0.717, 1.165) is 30.9 Å². The Morgan fingerprint density at radius 1 is 1.33 bits per heavy atom. The molecule has 1 aromatic rings. The smallest absolute Gasteiger partial charge is 0.244 e. The van der Waals surface area contributed by atoms with E-state index in [4.69, 9.17) is 0 Å². The fourth-order valence-electron chi connectivity index (χ4n) is 3.83. The van der Waals surface area contributed by atoms with Gasteiger partial charge in [0.1, 0.15) is 11.7 Å². The lowest BCUT2D eigenvalue weighted by molar-refractivity contribution is -0.133. The molecule has 0 aromatic carbocycles. The molecule has 5 heteroatoms. The van der Waals surface area contributed by atoms with Crippen LogP contribution in [-0.4, -0.2) is 33.9 Å². The second-order valence-corrected chi connectivity index (χ2v) is 8.64. The van der Waals surface area contributed by atoms with Gasteiger partial charge >= 0.3 is 0 Å². The molecule has 3 aliphatic rings. The topological polar surface area (TPSA) is 32.3 Å². The molecule has 0 radical (unpaired) electrons. The predicted octanol–water partition coefficient (Wildman–Crippen LogP) is 3.39. The van der Waals surface area contributed by atoms with Crippen LogP contribution in [0.1, 0.15) is 49.6 Å². The number of hydrogen-bond acceptors (Lipinski definition) is 4. The van der Waals surface area contributed by atoms with Crippen LogP contribution in [0, 0.1) is 0 Å². The van der Waals surface area contributed by atoms with E-state index in [9.17, 15) is 4.79 Å². The maximum Gasteiger partial charge on any atom is 0.244 e. The van der Waals surface area contributed by atoms with Crippen molar-refractivity contribution < 1.29 is 4.79 Å². The zero-order valence-corrected chi connectivity index (χ0v) is 14.0. The molecule has 1 saturated heterocycles. The van der Waals surface area contributed by atoms with Crippen LogP contribution >= 0.6 is 23.1 Å². The molecule has 1 unspecified atom stereocenters. The lowest BCUT2D eigenvalue weighted by atomic mass is 9.93. The van der Waals surface area contributed by atoms with Crippen molar-refractivity contribution in [2.24, 2.45) is 0 Å². The zero-order chi connectivity index (χ0) is 14.4. The maximum atomic E-state index is 12.9. The number of thiophene rings is 1. The lowest BCUT2D eigenvalue weighted by Gasteiger charge is -2.37. The number of nitrogens with zero attached hydrogens (tertiary/aromatic N) is 1. The van der Waals surface area contributed by atoms with Crippen molar-refractivity contribution in [1.82, 2.24) is 10.2 Å². The van der Waals surface area contributed by atoms with Crippen molar-refractivity contribution in [2.45, 2.75) is 61.5 Å². The van der Waals surface area contributed by atoms with Crippen molar-refractivity contribution in [3.05, 3.63) is 22.4 Å². The molecule has 1 N–H and O–H groups in total. The highest BCUT2D eigenvalue weighted by molar-refractivity contribution is 7.99. The van der Waals surface area contributed by atoms with Gasteiger partial charge in [-0.25, -0.2) is 0 Å². The molecule has 1 aliphatic heterocycles. The monoisotopic (exact) mass is 322 g/mol. The molecule has 4 rings (SSSR count). The van der Waals surface area contributed by atoms with Gasteiger partial charge in [-0.3, -0.25) is 10.1 Å². The number of nitrogens with one attached hydrogen (secondary N) is 1. The standard InChI is InChI=1S/C16H22N2OS2/c1-20-12-6-4-11(5-7-12)18-14(13-3-2-10-21-13)17-16(8-9-16)15(18)19/h2-3,10-12,14,17H,4-9H2,1H3. The normalized spacial score (nSPS) is 34.6. The number of thioether (sulfide) groups is 1. The van der Waals surface area contributed by atoms with E-state index in [1.165, 1.54) is 17.7 Å². The summed E-state index contributed by atoms with van der Waals surface area (Å²) in [6.45, 7) is 0. The average molecular weight is 322 g/mol. The van der Waals surface area contributed by atoms with E-state index in [1.54, 1.807) is 11.3 Å². The van der Waals surface area contributed by atoms with Crippen LogP contribution in [0.4, 0.5) is 0 Å². The summed E-state index contributed by atoms with van der Waals surface area (Å²) in [5, 5.41) is 6.55. The summed E-state index contributed by atoms with van der Waals surface area (Å²) < 4.78 is 0. The quantitative estimate of drug-likeness (QED) is 0.926. The third-order valence-corrected chi connectivity index (χ3v) is 7.33. The third kappa shape index (κ3) is 2.34. The largest absolute Gasteiger partial charge is 0.317 e. The Bertz CT molecular complexity index is 518. The first-order chi connectivity index (χ1) is 10.2. The first kappa shape index (κ1) is 14.1. The molecule has 3 fully saturated rings. The maximum absolute atomic E-state index is 12.9. The molecule has 1 amide bonds. The summed E-state index contributed by atoms with van der Waals surface area (Å²) in [5.41, 5.74) is -0.203. The van der Waals surface area contributed by atoms with E-state index < -0.39 is 0 Å². The first-order valence-electron chi connectivity index (χ1n) is 7.90. The minimum Gasteiger partial charge on any atom is -0.317 e. The van der Waals surface area contributed by atoms with Crippen molar-refractivity contribution in [3.63, 3.8) is 0 Å². The molecule has 1 aromatic heterocycles. The fraction of sp³-hybridized carbons (Fsp3) is 0.688. The highest BCUT2D eigenvalue weighted by atomic mass is 32.2. The molecule has 3 nitrogen and oxygen atoms in total. The average Bonchev–Trinajstić information content (AvgIpc) is 2.98. The van der Waals surface area contributed by atoms with Crippen LogP contribution < -0.4 is 5.32 Å². The Morgan fingerprint density at radius 3 is 2.67 bits per heavy atom. The summed E-state index contributed by atoms with van der Waals surface area (Å²) in [7, 11) is 0. The molecule has 2 saturated carbocycles. The van der Waals surface area contributed by atoms with Crippen molar-refractivity contribution in [2.75, 3.05) is 6.26 Å². The van der Waals surface area contributed by atoms with Crippen molar-refractivity contribution >= 4 is 29.0 Å². The van der Waals surface area contributed by atoms with Gasteiger partial charge in [0, 0.05) is 16.2 Å². The van der Waals surface area contributed by atoms with E-state index in [-0.39, 0.29) is 11.7 Å². The summed E-state index contributed by atoms with van der Waals surface area (Å²) in [6, 6.07) is 4.69. The van der Waals surface area contributed by atoms with Gasteiger partial charge in [-0.15, -0.1) is 11.3 Å². The lowest BCUT2D eigenvalue weighted by Crippen LogP contribution is -2.42. The Balaban J connectivity index is 1.57. The van der Waals surface area contributed by atoms with Crippen LogP contribution in [0.2, 0.25) is 0 Å². The summed E-state index contributed by atoms with van der Waals surface area (Å²) >= 11 is 3.75. The fourth-order valence-corrected chi connectivity index (χ4v) is 5.35. The minimum atomic E-state index is -0.203. The van der Waals surface area contributed by atoms with Crippen LogP contribution in [0.5, 0.6) is 0 Å². The zero-order valence-electron chi connectivity index (χ0n) is 12.4. The molecule has 114 valence electrons. The molecule has 21 heavy (non-hydrogen) atoms. The van der Waals surface area contributed by atoms with Gasteiger partial charge in [0.25, 0.3) is 0 Å². The van der Waals surface area contributed by atoms with Crippen LogP contribution in [0.25, 0.3) is 0 Å². The second-order valence-electron chi connectivity index (χ2n) is 6.52. The Hall–Kier alpha value is -0.520. The summed E-state index contributed by atoms with van der Waals surface area (Å²) in [4.78, 5) is 16.4. The highest BCUT2D eigenvalue weighted by Gasteiger charge is 2.60. The van der Waals surface area contributed by atoms with Gasteiger partial charge < -0.3 is 4.90 Å². The highest BCUT2D eigenvalue weighted by Crippen LogP contribution is 2.48. The van der Waals surface area contributed by atoms with Crippen molar-refractivity contribution in [1.29, 1.82) is 0 Å². The number of rotatable bonds is 3. The Labute approximate surface area is 134 Å². The molecule has 1 atom stereocenters. The van der Waals surface area contributed by atoms with Crippen LogP contribution in [0.3, 0.4) is 0 Å². The summed E-state index contributed by atoms with van der Waals surface area (Å²) in [5.74, 6) is 0.369. The van der Waals surface area contributed by atoms with E-state index in [0.29, 0.717) is 11.9 Å². The molecule has 2 heterocycles.